The number of pyridine rings is 1. The number of nitriles is 1. The molecule has 0 saturated carbocycles. The van der Waals surface area contributed by atoms with E-state index in [0.29, 0.717) is 0 Å². The Morgan fingerprint density at radius 3 is 2.54 bits per heavy atom. The van der Waals surface area contributed by atoms with Crippen molar-refractivity contribution in [3.8, 4) is 6.07 Å². The van der Waals surface area contributed by atoms with E-state index in [-0.39, 0.29) is 5.69 Å². The van der Waals surface area contributed by atoms with Gasteiger partial charge in [0, 0.05) is 0 Å². The number of anilines is 1. The van der Waals surface area contributed by atoms with Crippen LogP contribution in [0, 0.1) is 11.3 Å². The largest absolute Gasteiger partial charge is 0.423 e. The van der Waals surface area contributed by atoms with Gasteiger partial charge in [-0.3, -0.25) is 0 Å². The molecule has 3 N–H and O–H groups in total. The highest BCUT2D eigenvalue weighted by atomic mass is 19.4. The molecule has 0 amide bonds. The summed E-state index contributed by atoms with van der Waals surface area (Å²) in [5, 5.41) is 8.35. The Balaban J connectivity index is 3.35. The van der Waals surface area contributed by atoms with Gasteiger partial charge in [-0.25, -0.2) is 4.98 Å². The van der Waals surface area contributed by atoms with Crippen LogP contribution in [0.15, 0.2) is 12.3 Å². The summed E-state index contributed by atoms with van der Waals surface area (Å²) in [6, 6.07) is 2.12. The number of rotatable bonds is 0. The predicted octanol–water partition coefficient (Wildman–Crippen LogP) is 0.973. The third kappa shape index (κ3) is 1.87. The Morgan fingerprint density at radius 2 is 2.08 bits per heavy atom. The zero-order chi connectivity index (χ0) is 10.1. The number of aromatic nitrogens is 1. The van der Waals surface area contributed by atoms with Crippen LogP contribution < -0.4 is 10.7 Å². The zero-order valence-corrected chi connectivity index (χ0v) is 6.31. The van der Waals surface area contributed by atoms with Crippen molar-refractivity contribution in [2.45, 2.75) is 6.18 Å². The second-order valence-electron chi connectivity index (χ2n) is 2.33. The summed E-state index contributed by atoms with van der Waals surface area (Å²) in [6.07, 6.45) is -3.43. The van der Waals surface area contributed by atoms with Crippen molar-refractivity contribution in [1.29, 1.82) is 5.26 Å². The molecule has 3 nitrogen and oxygen atoms in total. The number of hydrogen-bond acceptors (Lipinski definition) is 2. The Kier molecular flexibility index (Phi) is 2.10. The van der Waals surface area contributed by atoms with Crippen molar-refractivity contribution in [2.75, 3.05) is 5.73 Å². The lowest BCUT2D eigenvalue weighted by Crippen LogP contribution is -2.18. The van der Waals surface area contributed by atoms with E-state index in [2.05, 4.69) is 4.98 Å². The number of alkyl halides is 3. The summed E-state index contributed by atoms with van der Waals surface area (Å²) < 4.78 is 36.6. The first kappa shape index (κ1) is 9.32. The van der Waals surface area contributed by atoms with Crippen molar-refractivity contribution in [1.82, 2.24) is 0 Å². The fourth-order valence-corrected chi connectivity index (χ4v) is 0.830. The highest BCUT2D eigenvalue weighted by molar-refractivity contribution is 5.41. The summed E-state index contributed by atoms with van der Waals surface area (Å²) in [6.45, 7) is 0. The van der Waals surface area contributed by atoms with Gasteiger partial charge in [0.2, 0.25) is 0 Å². The Morgan fingerprint density at radius 1 is 1.46 bits per heavy atom. The molecule has 1 aromatic heterocycles. The topological polar surface area (TPSA) is 64.0 Å². The highest BCUT2D eigenvalue weighted by Gasteiger charge is 2.37. The summed E-state index contributed by atoms with van der Waals surface area (Å²) in [7, 11) is 0. The Labute approximate surface area is 71.6 Å². The number of nitrogens with one attached hydrogen (secondary N) is 1. The maximum Gasteiger partial charge on any atom is 0.423 e. The first-order valence-electron chi connectivity index (χ1n) is 3.23. The first-order valence-corrected chi connectivity index (χ1v) is 3.23. The van der Waals surface area contributed by atoms with Crippen LogP contribution in [0.2, 0.25) is 0 Å². The molecular formula is C7H5F3N3+. The van der Waals surface area contributed by atoms with Crippen LogP contribution in [-0.4, -0.2) is 0 Å². The van der Waals surface area contributed by atoms with Crippen molar-refractivity contribution in [2.24, 2.45) is 0 Å². The molecule has 0 aromatic carbocycles. The van der Waals surface area contributed by atoms with Gasteiger partial charge in [-0.2, -0.15) is 18.4 Å². The molecule has 1 rings (SSSR count). The number of halogens is 3. The number of H-pyrrole nitrogens is 1. The lowest BCUT2D eigenvalue weighted by Gasteiger charge is -2.04. The molecule has 13 heavy (non-hydrogen) atoms. The number of nitrogens with two attached hydrogens (primary N) is 1. The van der Waals surface area contributed by atoms with Crippen LogP contribution in [0.1, 0.15) is 11.3 Å². The molecule has 0 radical (unpaired) electrons. The summed E-state index contributed by atoms with van der Waals surface area (Å²) in [5.41, 5.74) is 3.49. The normalized spacial score (nSPS) is 10.9. The molecule has 1 aromatic rings. The van der Waals surface area contributed by atoms with E-state index in [4.69, 9.17) is 11.0 Å². The van der Waals surface area contributed by atoms with Crippen LogP contribution in [0.25, 0.3) is 0 Å². The third-order valence-electron chi connectivity index (χ3n) is 1.38. The fraction of sp³-hybridized carbons (Fsp3) is 0.143. The predicted molar refractivity (Wildman–Crippen MR) is 37.1 cm³/mol. The van der Waals surface area contributed by atoms with Gasteiger partial charge >= 0.3 is 6.18 Å². The summed E-state index contributed by atoms with van der Waals surface area (Å²) in [4.78, 5) is 2.16. The summed E-state index contributed by atoms with van der Waals surface area (Å²) >= 11 is 0. The smallest absolute Gasteiger partial charge is 0.394 e. The molecule has 0 spiro atoms. The molecule has 1 heterocycles. The quantitative estimate of drug-likeness (QED) is 0.659. The van der Waals surface area contributed by atoms with E-state index < -0.39 is 17.4 Å². The van der Waals surface area contributed by atoms with Gasteiger partial charge in [-0.1, -0.05) is 0 Å². The number of hydrogen-bond donors (Lipinski definition) is 1. The maximum absolute atomic E-state index is 12.2. The van der Waals surface area contributed by atoms with Gasteiger partial charge in [0.1, 0.15) is 5.56 Å². The average Bonchev–Trinajstić information content (AvgIpc) is 2.03. The van der Waals surface area contributed by atoms with Gasteiger partial charge in [-0.05, 0) is 6.07 Å². The van der Waals surface area contributed by atoms with E-state index in [9.17, 15) is 13.2 Å². The van der Waals surface area contributed by atoms with Crippen molar-refractivity contribution >= 4 is 5.69 Å². The van der Waals surface area contributed by atoms with E-state index in [1.54, 1.807) is 0 Å². The summed E-state index contributed by atoms with van der Waals surface area (Å²) in [5.74, 6) is 0. The van der Waals surface area contributed by atoms with Crippen molar-refractivity contribution in [3.05, 3.63) is 23.5 Å². The maximum atomic E-state index is 12.2. The molecule has 0 aliphatic carbocycles. The van der Waals surface area contributed by atoms with Gasteiger partial charge in [0.15, 0.2) is 12.3 Å². The van der Waals surface area contributed by atoms with E-state index >= 15 is 0 Å². The molecule has 0 bridgehead atoms. The van der Waals surface area contributed by atoms with E-state index in [1.807, 2.05) is 0 Å². The monoisotopic (exact) mass is 188 g/mol. The van der Waals surface area contributed by atoms with Crippen LogP contribution in [-0.2, 0) is 6.18 Å². The molecule has 0 saturated heterocycles. The Hall–Kier alpha value is -1.77. The number of nitrogen functional groups attached to an aromatic ring is 1. The second kappa shape index (κ2) is 2.94. The second-order valence-corrected chi connectivity index (χ2v) is 2.33. The first-order chi connectivity index (χ1) is 5.95. The molecule has 0 atom stereocenters. The third-order valence-corrected chi connectivity index (χ3v) is 1.38. The number of nitrogens with zero attached hydrogens (tertiary/aromatic N) is 1. The van der Waals surface area contributed by atoms with Crippen LogP contribution in [0.5, 0.6) is 0 Å². The standard InChI is InChI=1S/C7H4F3N3/c8-7(9,10)5-1-4(12)3-13-6(5)2-11/h1,3H,12H2/p+1. The minimum Gasteiger partial charge on any atom is -0.394 e. The van der Waals surface area contributed by atoms with Gasteiger partial charge in [0.05, 0.1) is 5.69 Å². The van der Waals surface area contributed by atoms with Crippen molar-refractivity contribution in [3.63, 3.8) is 0 Å². The minimum absolute atomic E-state index is 0.0636. The SMILES string of the molecule is N#Cc1[nH+]cc(N)cc1C(F)(F)F. The molecule has 0 fully saturated rings. The minimum atomic E-state index is -4.56. The molecule has 0 aliphatic heterocycles. The fourth-order valence-electron chi connectivity index (χ4n) is 0.830. The van der Waals surface area contributed by atoms with Gasteiger partial charge in [-0.15, -0.1) is 0 Å². The zero-order valence-electron chi connectivity index (χ0n) is 6.31. The Bertz CT molecular complexity index is 364. The van der Waals surface area contributed by atoms with Gasteiger partial charge < -0.3 is 5.73 Å². The van der Waals surface area contributed by atoms with E-state index in [1.165, 1.54) is 6.07 Å². The molecule has 0 aliphatic rings. The van der Waals surface area contributed by atoms with Crippen LogP contribution in [0.3, 0.4) is 0 Å². The van der Waals surface area contributed by atoms with Crippen LogP contribution in [0.4, 0.5) is 18.9 Å². The lowest BCUT2D eigenvalue weighted by molar-refractivity contribution is -0.384. The average molecular weight is 188 g/mol. The lowest BCUT2D eigenvalue weighted by atomic mass is 10.2. The highest BCUT2D eigenvalue weighted by Crippen LogP contribution is 2.30. The molecule has 68 valence electrons. The molecular weight excluding hydrogens is 183 g/mol. The van der Waals surface area contributed by atoms with E-state index in [0.717, 1.165) is 12.3 Å². The van der Waals surface area contributed by atoms with Crippen LogP contribution >= 0.6 is 0 Å². The van der Waals surface area contributed by atoms with Crippen molar-refractivity contribution < 1.29 is 18.2 Å². The molecule has 0 unspecified atom stereocenters. The van der Waals surface area contributed by atoms with Gasteiger partial charge in [0.25, 0.3) is 5.69 Å². The number of aromatic amines is 1. The molecule has 6 heteroatoms.